The minimum absolute atomic E-state index is 0.0416. The van der Waals surface area contributed by atoms with Crippen molar-refractivity contribution >= 4 is 5.91 Å². The zero-order valence-electron chi connectivity index (χ0n) is 12.2. The van der Waals surface area contributed by atoms with Crippen LogP contribution in [0, 0.1) is 0 Å². The van der Waals surface area contributed by atoms with Gasteiger partial charge in [-0.3, -0.25) is 9.69 Å². The van der Waals surface area contributed by atoms with Crippen LogP contribution in [0.5, 0.6) is 0 Å². The highest BCUT2D eigenvalue weighted by atomic mass is 16.5. The minimum Gasteiger partial charge on any atom is -0.383 e. The fraction of sp³-hybridized carbons (Fsp3) is 0.923. The summed E-state index contributed by atoms with van der Waals surface area (Å²) >= 11 is 0. The lowest BCUT2D eigenvalue weighted by molar-refractivity contribution is -0.123. The van der Waals surface area contributed by atoms with Gasteiger partial charge in [-0.1, -0.05) is 13.8 Å². The zero-order valence-corrected chi connectivity index (χ0v) is 12.2. The number of nitrogens with one attached hydrogen (secondary N) is 1. The lowest BCUT2D eigenvalue weighted by atomic mass is 10.1. The Labute approximate surface area is 111 Å². The quantitative estimate of drug-likeness (QED) is 0.602. The predicted molar refractivity (Wildman–Crippen MR) is 74.5 cm³/mol. The normalized spacial score (nSPS) is 13.1. The predicted octanol–water partition coefficient (Wildman–Crippen LogP) is 0.587. The molecule has 1 atom stereocenters. The van der Waals surface area contributed by atoms with Gasteiger partial charge >= 0.3 is 0 Å². The first kappa shape index (κ1) is 17.4. The molecule has 1 amide bonds. The Morgan fingerprint density at radius 1 is 1.39 bits per heavy atom. The Morgan fingerprint density at radius 3 is 2.44 bits per heavy atom. The van der Waals surface area contributed by atoms with Crippen LogP contribution >= 0.6 is 0 Å². The van der Waals surface area contributed by atoms with E-state index in [9.17, 15) is 4.79 Å². The first-order valence-electron chi connectivity index (χ1n) is 6.81. The second kappa shape index (κ2) is 10.3. The molecule has 0 radical (unpaired) electrons. The van der Waals surface area contributed by atoms with Crippen molar-refractivity contribution < 1.29 is 9.53 Å². The molecular formula is C13H29N3O2. The fourth-order valence-electron chi connectivity index (χ4n) is 2.16. The highest BCUT2D eigenvalue weighted by Gasteiger charge is 2.18. The average molecular weight is 259 g/mol. The third kappa shape index (κ3) is 6.93. The Hall–Kier alpha value is -0.650. The van der Waals surface area contributed by atoms with Crippen LogP contribution in [-0.2, 0) is 9.53 Å². The number of rotatable bonds is 10. The van der Waals surface area contributed by atoms with Gasteiger partial charge in [-0.05, 0) is 19.8 Å². The van der Waals surface area contributed by atoms with Crippen LogP contribution in [0.1, 0.15) is 33.6 Å². The van der Waals surface area contributed by atoms with Crippen molar-refractivity contribution in [3.05, 3.63) is 0 Å². The van der Waals surface area contributed by atoms with Crippen molar-refractivity contribution in [2.75, 3.05) is 33.4 Å². The van der Waals surface area contributed by atoms with Crippen molar-refractivity contribution in [3.63, 3.8) is 0 Å². The topological polar surface area (TPSA) is 67.6 Å². The number of amides is 1. The first-order valence-corrected chi connectivity index (χ1v) is 6.81. The maximum Gasteiger partial charge on any atom is 0.234 e. The lowest BCUT2D eigenvalue weighted by Gasteiger charge is -2.29. The third-order valence-electron chi connectivity index (χ3n) is 3.05. The van der Waals surface area contributed by atoms with Crippen LogP contribution < -0.4 is 11.1 Å². The van der Waals surface area contributed by atoms with Gasteiger partial charge in [0.2, 0.25) is 5.91 Å². The second-order valence-corrected chi connectivity index (χ2v) is 4.65. The van der Waals surface area contributed by atoms with Gasteiger partial charge in [-0.2, -0.15) is 0 Å². The van der Waals surface area contributed by atoms with E-state index in [1.54, 1.807) is 7.11 Å². The Kier molecular flexibility index (Phi) is 9.92. The highest BCUT2D eigenvalue weighted by molar-refractivity contribution is 5.78. The number of methoxy groups -OCH3 is 1. The maximum absolute atomic E-state index is 11.9. The SMILES string of the molecule is CCC(CC)N(CCN)CC(=O)NC(C)COC. The van der Waals surface area contributed by atoms with Crippen LogP contribution in [0.3, 0.4) is 0 Å². The summed E-state index contributed by atoms with van der Waals surface area (Å²) in [6.45, 7) is 8.51. The van der Waals surface area contributed by atoms with E-state index in [0.29, 0.717) is 25.7 Å². The molecule has 108 valence electrons. The molecule has 0 aromatic carbocycles. The van der Waals surface area contributed by atoms with E-state index in [-0.39, 0.29) is 11.9 Å². The number of hydrogen-bond donors (Lipinski definition) is 2. The van der Waals surface area contributed by atoms with Gasteiger partial charge in [-0.15, -0.1) is 0 Å². The summed E-state index contributed by atoms with van der Waals surface area (Å²) in [5.41, 5.74) is 5.61. The van der Waals surface area contributed by atoms with Gasteiger partial charge in [-0.25, -0.2) is 0 Å². The van der Waals surface area contributed by atoms with E-state index >= 15 is 0 Å². The van der Waals surface area contributed by atoms with Crippen LogP contribution in [-0.4, -0.2) is 56.2 Å². The first-order chi connectivity index (χ1) is 8.58. The molecule has 0 rings (SSSR count). The smallest absolute Gasteiger partial charge is 0.234 e. The summed E-state index contributed by atoms with van der Waals surface area (Å²) in [5, 5.41) is 2.93. The Balaban J connectivity index is 4.26. The molecule has 0 aliphatic rings. The summed E-state index contributed by atoms with van der Waals surface area (Å²) in [6.07, 6.45) is 2.08. The highest BCUT2D eigenvalue weighted by Crippen LogP contribution is 2.07. The summed E-state index contributed by atoms with van der Waals surface area (Å²) < 4.78 is 5.00. The van der Waals surface area contributed by atoms with Crippen LogP contribution in [0.2, 0.25) is 0 Å². The zero-order chi connectivity index (χ0) is 14.0. The number of ether oxygens (including phenoxy) is 1. The van der Waals surface area contributed by atoms with Gasteiger partial charge in [0.15, 0.2) is 0 Å². The van der Waals surface area contributed by atoms with E-state index < -0.39 is 0 Å². The van der Waals surface area contributed by atoms with Crippen molar-refractivity contribution in [2.24, 2.45) is 5.73 Å². The molecule has 0 aromatic heterocycles. The van der Waals surface area contributed by atoms with E-state index in [1.165, 1.54) is 0 Å². The number of carbonyl (C=O) groups excluding carboxylic acids is 1. The van der Waals surface area contributed by atoms with Gasteiger partial charge in [0.25, 0.3) is 0 Å². The number of nitrogens with zero attached hydrogens (tertiary/aromatic N) is 1. The monoisotopic (exact) mass is 259 g/mol. The number of hydrogen-bond acceptors (Lipinski definition) is 4. The molecule has 0 heterocycles. The third-order valence-corrected chi connectivity index (χ3v) is 3.05. The van der Waals surface area contributed by atoms with Crippen molar-refractivity contribution in [2.45, 2.75) is 45.7 Å². The van der Waals surface area contributed by atoms with Crippen LogP contribution in [0.15, 0.2) is 0 Å². The summed E-state index contributed by atoms with van der Waals surface area (Å²) in [6, 6.07) is 0.473. The van der Waals surface area contributed by atoms with Crippen LogP contribution in [0.25, 0.3) is 0 Å². The molecule has 3 N–H and O–H groups in total. The van der Waals surface area contributed by atoms with Gasteiger partial charge in [0.05, 0.1) is 13.2 Å². The maximum atomic E-state index is 11.9. The molecule has 0 aliphatic carbocycles. The van der Waals surface area contributed by atoms with E-state index in [4.69, 9.17) is 10.5 Å². The average Bonchev–Trinajstić information content (AvgIpc) is 2.30. The largest absolute Gasteiger partial charge is 0.383 e. The van der Waals surface area contributed by atoms with E-state index in [2.05, 4.69) is 24.1 Å². The van der Waals surface area contributed by atoms with E-state index in [0.717, 1.165) is 19.4 Å². The molecule has 0 saturated heterocycles. The minimum atomic E-state index is 0.0416. The molecule has 0 aromatic rings. The Bertz CT molecular complexity index is 220. The van der Waals surface area contributed by atoms with Gasteiger partial charge in [0.1, 0.15) is 0 Å². The molecule has 0 bridgehead atoms. The Morgan fingerprint density at radius 2 is 2.00 bits per heavy atom. The molecule has 0 saturated carbocycles. The van der Waals surface area contributed by atoms with Crippen LogP contribution in [0.4, 0.5) is 0 Å². The fourth-order valence-corrected chi connectivity index (χ4v) is 2.16. The second-order valence-electron chi connectivity index (χ2n) is 4.65. The molecular weight excluding hydrogens is 230 g/mol. The summed E-state index contributed by atoms with van der Waals surface area (Å²) in [5.74, 6) is 0.0416. The standard InChI is InChI=1S/C13H29N3O2/c1-5-12(6-2)16(8-7-14)9-13(17)15-11(3)10-18-4/h11-12H,5-10,14H2,1-4H3,(H,15,17). The van der Waals surface area contributed by atoms with E-state index in [1.807, 2.05) is 6.92 Å². The molecule has 5 heteroatoms. The van der Waals surface area contributed by atoms with Crippen molar-refractivity contribution in [1.29, 1.82) is 0 Å². The summed E-state index contributed by atoms with van der Waals surface area (Å²) in [7, 11) is 1.63. The lowest BCUT2D eigenvalue weighted by Crippen LogP contribution is -2.47. The molecule has 0 fully saturated rings. The van der Waals surface area contributed by atoms with Gasteiger partial charge < -0.3 is 15.8 Å². The van der Waals surface area contributed by atoms with Gasteiger partial charge in [0, 0.05) is 32.3 Å². The number of nitrogens with two attached hydrogens (primary N) is 1. The molecule has 18 heavy (non-hydrogen) atoms. The number of carbonyl (C=O) groups is 1. The molecule has 5 nitrogen and oxygen atoms in total. The molecule has 1 unspecified atom stereocenters. The summed E-state index contributed by atoms with van der Waals surface area (Å²) in [4.78, 5) is 14.1. The molecule has 0 spiro atoms. The molecule has 0 aliphatic heterocycles. The van der Waals surface area contributed by atoms with Crippen molar-refractivity contribution in [3.8, 4) is 0 Å². The van der Waals surface area contributed by atoms with Crippen molar-refractivity contribution in [1.82, 2.24) is 10.2 Å².